The Morgan fingerprint density at radius 3 is 2.62 bits per heavy atom. The van der Waals surface area contributed by atoms with Gasteiger partial charge in [-0.25, -0.2) is 0 Å². The SMILES string of the molecule is CCn1c(SCC(=O)c2ccc(C)cc2)nnc1C1CC1. The standard InChI is InChI=1S/C16H19N3OS/c1-3-19-15(13-8-9-13)17-18-16(19)21-10-14(20)12-6-4-11(2)5-7-12/h4-7,13H,3,8-10H2,1-2H3. The molecule has 1 aromatic heterocycles. The Morgan fingerprint density at radius 1 is 1.29 bits per heavy atom. The van der Waals surface area contributed by atoms with Gasteiger partial charge in [0.15, 0.2) is 10.9 Å². The molecule has 21 heavy (non-hydrogen) atoms. The monoisotopic (exact) mass is 301 g/mol. The number of nitrogens with zero attached hydrogens (tertiary/aromatic N) is 3. The number of carbonyl (C=O) groups is 1. The number of rotatable bonds is 6. The zero-order valence-corrected chi connectivity index (χ0v) is 13.2. The van der Waals surface area contributed by atoms with Gasteiger partial charge in [0.05, 0.1) is 5.75 Å². The average molecular weight is 301 g/mol. The summed E-state index contributed by atoms with van der Waals surface area (Å²) >= 11 is 1.48. The number of Topliss-reactive ketones (excluding diaryl/α,β-unsaturated/α-hetero) is 1. The van der Waals surface area contributed by atoms with Crippen LogP contribution in [0.2, 0.25) is 0 Å². The molecule has 0 N–H and O–H groups in total. The van der Waals surface area contributed by atoms with E-state index in [1.807, 2.05) is 31.2 Å². The molecule has 3 rings (SSSR count). The Hall–Kier alpha value is -1.62. The fourth-order valence-electron chi connectivity index (χ4n) is 2.30. The van der Waals surface area contributed by atoms with E-state index in [0.29, 0.717) is 11.7 Å². The Bertz CT molecular complexity index is 644. The van der Waals surface area contributed by atoms with Crippen molar-refractivity contribution in [3.8, 4) is 0 Å². The topological polar surface area (TPSA) is 47.8 Å². The first-order valence-corrected chi connectivity index (χ1v) is 8.33. The van der Waals surface area contributed by atoms with Gasteiger partial charge in [0, 0.05) is 18.0 Å². The van der Waals surface area contributed by atoms with E-state index in [9.17, 15) is 4.79 Å². The van der Waals surface area contributed by atoms with Crippen LogP contribution in [0.15, 0.2) is 29.4 Å². The van der Waals surface area contributed by atoms with Crippen LogP contribution in [0.1, 0.15) is 47.4 Å². The number of aryl methyl sites for hydroxylation is 1. The molecular weight excluding hydrogens is 282 g/mol. The van der Waals surface area contributed by atoms with E-state index >= 15 is 0 Å². The largest absolute Gasteiger partial charge is 0.306 e. The third-order valence-electron chi connectivity index (χ3n) is 3.71. The molecule has 0 atom stereocenters. The molecule has 1 fully saturated rings. The smallest absolute Gasteiger partial charge is 0.191 e. The average Bonchev–Trinajstić information content (AvgIpc) is 3.25. The van der Waals surface area contributed by atoms with Crippen LogP contribution in [0.3, 0.4) is 0 Å². The molecule has 1 heterocycles. The van der Waals surface area contributed by atoms with Gasteiger partial charge >= 0.3 is 0 Å². The molecule has 1 aromatic carbocycles. The van der Waals surface area contributed by atoms with Crippen molar-refractivity contribution in [2.24, 2.45) is 0 Å². The Balaban J connectivity index is 1.67. The van der Waals surface area contributed by atoms with Gasteiger partial charge in [-0.2, -0.15) is 0 Å². The quantitative estimate of drug-likeness (QED) is 0.605. The summed E-state index contributed by atoms with van der Waals surface area (Å²) in [6, 6.07) is 7.71. The molecule has 5 heteroatoms. The summed E-state index contributed by atoms with van der Waals surface area (Å²) in [4.78, 5) is 12.2. The molecule has 0 saturated heterocycles. The Morgan fingerprint density at radius 2 is 2.00 bits per heavy atom. The van der Waals surface area contributed by atoms with Crippen LogP contribution >= 0.6 is 11.8 Å². The van der Waals surface area contributed by atoms with Crippen LogP contribution in [0.25, 0.3) is 0 Å². The predicted octanol–water partition coefficient (Wildman–Crippen LogP) is 3.46. The summed E-state index contributed by atoms with van der Waals surface area (Å²) in [6.45, 7) is 4.98. The highest BCUT2D eigenvalue weighted by Gasteiger charge is 2.30. The highest BCUT2D eigenvalue weighted by molar-refractivity contribution is 7.99. The van der Waals surface area contributed by atoms with E-state index in [2.05, 4.69) is 21.7 Å². The molecule has 0 aliphatic heterocycles. The van der Waals surface area contributed by atoms with Crippen LogP contribution in [0.5, 0.6) is 0 Å². The highest BCUT2D eigenvalue weighted by atomic mass is 32.2. The molecule has 0 bridgehead atoms. The zero-order chi connectivity index (χ0) is 14.8. The molecular formula is C16H19N3OS. The van der Waals surface area contributed by atoms with Crippen LogP contribution in [0.4, 0.5) is 0 Å². The number of ketones is 1. The lowest BCUT2D eigenvalue weighted by atomic mass is 10.1. The summed E-state index contributed by atoms with van der Waals surface area (Å²) in [7, 11) is 0. The van der Waals surface area contributed by atoms with Crippen molar-refractivity contribution in [3.05, 3.63) is 41.2 Å². The first-order chi connectivity index (χ1) is 10.2. The van der Waals surface area contributed by atoms with Crippen LogP contribution in [0, 0.1) is 6.92 Å². The molecule has 1 saturated carbocycles. The van der Waals surface area contributed by atoms with Gasteiger partial charge in [-0.05, 0) is 26.7 Å². The minimum Gasteiger partial charge on any atom is -0.306 e. The van der Waals surface area contributed by atoms with E-state index in [0.717, 1.165) is 23.1 Å². The predicted molar refractivity (Wildman–Crippen MR) is 83.9 cm³/mol. The Kier molecular flexibility index (Phi) is 4.10. The molecule has 110 valence electrons. The van der Waals surface area contributed by atoms with Crippen LogP contribution in [-0.4, -0.2) is 26.3 Å². The van der Waals surface area contributed by atoms with Gasteiger partial charge in [0.2, 0.25) is 0 Å². The molecule has 0 radical (unpaired) electrons. The van der Waals surface area contributed by atoms with E-state index in [-0.39, 0.29) is 5.78 Å². The van der Waals surface area contributed by atoms with Gasteiger partial charge in [0.25, 0.3) is 0 Å². The maximum Gasteiger partial charge on any atom is 0.191 e. The number of hydrogen-bond donors (Lipinski definition) is 0. The Labute approximate surface area is 129 Å². The minimum absolute atomic E-state index is 0.138. The second kappa shape index (κ2) is 6.02. The first kappa shape index (κ1) is 14.3. The summed E-state index contributed by atoms with van der Waals surface area (Å²) in [6.07, 6.45) is 2.43. The van der Waals surface area contributed by atoms with Crippen molar-refractivity contribution in [2.75, 3.05) is 5.75 Å². The molecule has 4 nitrogen and oxygen atoms in total. The van der Waals surface area contributed by atoms with E-state index in [4.69, 9.17) is 0 Å². The maximum absolute atomic E-state index is 12.2. The molecule has 1 aliphatic rings. The third kappa shape index (κ3) is 3.18. The van der Waals surface area contributed by atoms with Gasteiger partial charge in [-0.1, -0.05) is 41.6 Å². The van der Waals surface area contributed by atoms with E-state index in [1.165, 1.54) is 30.2 Å². The fraction of sp³-hybridized carbons (Fsp3) is 0.438. The van der Waals surface area contributed by atoms with Crippen LogP contribution in [-0.2, 0) is 6.54 Å². The summed E-state index contributed by atoms with van der Waals surface area (Å²) in [5.74, 6) is 2.22. The normalized spacial score (nSPS) is 14.4. The van der Waals surface area contributed by atoms with Crippen molar-refractivity contribution in [3.63, 3.8) is 0 Å². The van der Waals surface area contributed by atoms with Crippen molar-refractivity contribution in [2.45, 2.75) is 44.3 Å². The molecule has 0 unspecified atom stereocenters. The van der Waals surface area contributed by atoms with Crippen LogP contribution < -0.4 is 0 Å². The first-order valence-electron chi connectivity index (χ1n) is 7.34. The van der Waals surface area contributed by atoms with E-state index < -0.39 is 0 Å². The van der Waals surface area contributed by atoms with Crippen molar-refractivity contribution >= 4 is 17.5 Å². The summed E-state index contributed by atoms with van der Waals surface area (Å²) < 4.78 is 2.14. The van der Waals surface area contributed by atoms with Crippen molar-refractivity contribution in [1.82, 2.24) is 14.8 Å². The second-order valence-corrected chi connectivity index (χ2v) is 6.38. The molecule has 1 aliphatic carbocycles. The second-order valence-electron chi connectivity index (χ2n) is 5.44. The van der Waals surface area contributed by atoms with Gasteiger partial charge in [-0.15, -0.1) is 10.2 Å². The van der Waals surface area contributed by atoms with Gasteiger partial charge < -0.3 is 4.57 Å². The number of carbonyl (C=O) groups excluding carboxylic acids is 1. The van der Waals surface area contributed by atoms with Crippen molar-refractivity contribution < 1.29 is 4.79 Å². The fourth-order valence-corrected chi connectivity index (χ4v) is 3.20. The highest BCUT2D eigenvalue weighted by Crippen LogP contribution is 2.39. The number of benzene rings is 1. The lowest BCUT2D eigenvalue weighted by Crippen LogP contribution is -2.06. The maximum atomic E-state index is 12.2. The lowest BCUT2D eigenvalue weighted by molar-refractivity contribution is 0.102. The van der Waals surface area contributed by atoms with E-state index in [1.54, 1.807) is 0 Å². The van der Waals surface area contributed by atoms with Gasteiger partial charge in [-0.3, -0.25) is 4.79 Å². The molecule has 0 amide bonds. The number of hydrogen-bond acceptors (Lipinski definition) is 4. The third-order valence-corrected chi connectivity index (χ3v) is 4.68. The summed E-state index contributed by atoms with van der Waals surface area (Å²) in [5.41, 5.74) is 1.93. The minimum atomic E-state index is 0.138. The summed E-state index contributed by atoms with van der Waals surface area (Å²) in [5, 5.41) is 9.40. The lowest BCUT2D eigenvalue weighted by Gasteiger charge is -2.06. The zero-order valence-electron chi connectivity index (χ0n) is 12.4. The molecule has 0 spiro atoms. The van der Waals surface area contributed by atoms with Crippen molar-refractivity contribution in [1.29, 1.82) is 0 Å². The molecule has 2 aromatic rings. The number of aromatic nitrogens is 3. The number of thioether (sulfide) groups is 1. The van der Waals surface area contributed by atoms with Gasteiger partial charge in [0.1, 0.15) is 5.82 Å².